The standard InChI is InChI=1S/C18H13F2N/c19-16-7-3-13(4-8-16)18(15-2-1-11-21-12-15)14-5-9-17(20)10-6-14/h1-12,18H. The highest BCUT2D eigenvalue weighted by atomic mass is 19.1. The Hall–Kier alpha value is -2.55. The molecule has 21 heavy (non-hydrogen) atoms. The molecule has 0 aliphatic heterocycles. The maximum atomic E-state index is 13.1. The monoisotopic (exact) mass is 281 g/mol. The first-order valence-electron chi connectivity index (χ1n) is 6.65. The van der Waals surface area contributed by atoms with Crippen LogP contribution in [0.4, 0.5) is 8.78 Å². The Balaban J connectivity index is 2.11. The SMILES string of the molecule is Fc1ccc(C(c2ccc(F)cc2)c2cccnc2)cc1. The molecule has 0 aliphatic carbocycles. The van der Waals surface area contributed by atoms with Gasteiger partial charge in [0.15, 0.2) is 0 Å². The van der Waals surface area contributed by atoms with Crippen LogP contribution in [0.3, 0.4) is 0 Å². The summed E-state index contributed by atoms with van der Waals surface area (Å²) in [4.78, 5) is 4.14. The van der Waals surface area contributed by atoms with Gasteiger partial charge >= 0.3 is 0 Å². The first-order chi connectivity index (χ1) is 10.2. The van der Waals surface area contributed by atoms with E-state index in [0.717, 1.165) is 16.7 Å². The van der Waals surface area contributed by atoms with Crippen molar-refractivity contribution in [2.45, 2.75) is 5.92 Å². The van der Waals surface area contributed by atoms with Gasteiger partial charge in [0.2, 0.25) is 0 Å². The largest absolute Gasteiger partial charge is 0.264 e. The summed E-state index contributed by atoms with van der Waals surface area (Å²) < 4.78 is 26.3. The van der Waals surface area contributed by atoms with Gasteiger partial charge in [0.1, 0.15) is 11.6 Å². The topological polar surface area (TPSA) is 12.9 Å². The third kappa shape index (κ3) is 2.97. The fraction of sp³-hybridized carbons (Fsp3) is 0.0556. The van der Waals surface area contributed by atoms with Gasteiger partial charge in [0, 0.05) is 18.3 Å². The summed E-state index contributed by atoms with van der Waals surface area (Å²) >= 11 is 0. The second kappa shape index (κ2) is 5.83. The number of pyridine rings is 1. The molecular formula is C18H13F2N. The molecule has 3 rings (SSSR count). The van der Waals surface area contributed by atoms with Crippen molar-refractivity contribution in [3.8, 4) is 0 Å². The molecule has 0 saturated carbocycles. The lowest BCUT2D eigenvalue weighted by Gasteiger charge is -2.18. The van der Waals surface area contributed by atoms with Gasteiger partial charge < -0.3 is 0 Å². The zero-order chi connectivity index (χ0) is 14.7. The van der Waals surface area contributed by atoms with Crippen molar-refractivity contribution in [3.05, 3.63) is 101 Å². The van der Waals surface area contributed by atoms with Crippen LogP contribution in [0.25, 0.3) is 0 Å². The normalized spacial score (nSPS) is 10.8. The van der Waals surface area contributed by atoms with Gasteiger partial charge in [-0.1, -0.05) is 30.3 Å². The second-order valence-electron chi connectivity index (χ2n) is 4.82. The van der Waals surface area contributed by atoms with Crippen LogP contribution in [0.5, 0.6) is 0 Å². The number of hydrogen-bond acceptors (Lipinski definition) is 1. The summed E-state index contributed by atoms with van der Waals surface area (Å²) in [6, 6.07) is 16.5. The van der Waals surface area contributed by atoms with Crippen LogP contribution in [0.15, 0.2) is 73.1 Å². The van der Waals surface area contributed by atoms with E-state index in [1.165, 1.54) is 24.3 Å². The van der Waals surface area contributed by atoms with Gasteiger partial charge in [-0.05, 0) is 47.0 Å². The zero-order valence-electron chi connectivity index (χ0n) is 11.2. The molecule has 0 amide bonds. The molecule has 0 fully saturated rings. The molecule has 0 saturated heterocycles. The Kier molecular flexibility index (Phi) is 3.73. The van der Waals surface area contributed by atoms with Crippen LogP contribution >= 0.6 is 0 Å². The van der Waals surface area contributed by atoms with Crippen molar-refractivity contribution in [3.63, 3.8) is 0 Å². The third-order valence-electron chi connectivity index (χ3n) is 3.42. The highest BCUT2D eigenvalue weighted by molar-refractivity contribution is 5.42. The molecule has 104 valence electrons. The lowest BCUT2D eigenvalue weighted by Crippen LogP contribution is -2.04. The average molecular weight is 281 g/mol. The molecule has 0 unspecified atom stereocenters. The van der Waals surface area contributed by atoms with Crippen molar-refractivity contribution in [2.75, 3.05) is 0 Å². The van der Waals surface area contributed by atoms with E-state index in [9.17, 15) is 8.78 Å². The van der Waals surface area contributed by atoms with E-state index in [1.807, 2.05) is 12.1 Å². The summed E-state index contributed by atoms with van der Waals surface area (Å²) in [5.41, 5.74) is 2.86. The number of aromatic nitrogens is 1. The molecule has 0 atom stereocenters. The average Bonchev–Trinajstić information content (AvgIpc) is 2.52. The van der Waals surface area contributed by atoms with E-state index in [2.05, 4.69) is 4.98 Å². The Bertz CT molecular complexity index is 661. The first-order valence-corrected chi connectivity index (χ1v) is 6.65. The predicted octanol–water partition coefficient (Wildman–Crippen LogP) is 4.54. The van der Waals surface area contributed by atoms with Crippen molar-refractivity contribution < 1.29 is 8.78 Å². The van der Waals surface area contributed by atoms with E-state index in [4.69, 9.17) is 0 Å². The van der Waals surface area contributed by atoms with Gasteiger partial charge in [0.25, 0.3) is 0 Å². The molecule has 0 spiro atoms. The second-order valence-corrected chi connectivity index (χ2v) is 4.82. The van der Waals surface area contributed by atoms with Crippen molar-refractivity contribution >= 4 is 0 Å². The van der Waals surface area contributed by atoms with E-state index in [-0.39, 0.29) is 17.6 Å². The Morgan fingerprint density at radius 1 is 0.667 bits per heavy atom. The van der Waals surface area contributed by atoms with Crippen LogP contribution in [0.2, 0.25) is 0 Å². The zero-order valence-corrected chi connectivity index (χ0v) is 11.2. The maximum absolute atomic E-state index is 13.1. The fourth-order valence-electron chi connectivity index (χ4n) is 2.43. The molecule has 3 heteroatoms. The summed E-state index contributed by atoms with van der Waals surface area (Å²) in [6.07, 6.45) is 3.48. The van der Waals surface area contributed by atoms with E-state index in [0.29, 0.717) is 0 Å². The summed E-state index contributed by atoms with van der Waals surface area (Å²) in [7, 11) is 0. The van der Waals surface area contributed by atoms with Crippen molar-refractivity contribution in [1.82, 2.24) is 4.98 Å². The van der Waals surface area contributed by atoms with Gasteiger partial charge in [-0.2, -0.15) is 0 Å². The minimum atomic E-state index is -0.275. The Morgan fingerprint density at radius 3 is 1.62 bits per heavy atom. The van der Waals surface area contributed by atoms with E-state index in [1.54, 1.807) is 36.7 Å². The molecular weight excluding hydrogens is 268 g/mol. The van der Waals surface area contributed by atoms with Crippen molar-refractivity contribution in [1.29, 1.82) is 0 Å². The lowest BCUT2D eigenvalue weighted by atomic mass is 9.86. The van der Waals surface area contributed by atoms with E-state index >= 15 is 0 Å². The molecule has 1 aromatic heterocycles. The number of nitrogens with zero attached hydrogens (tertiary/aromatic N) is 1. The van der Waals surface area contributed by atoms with Crippen LogP contribution in [-0.4, -0.2) is 4.98 Å². The minimum Gasteiger partial charge on any atom is -0.264 e. The molecule has 3 aromatic rings. The first kappa shape index (κ1) is 13.4. The lowest BCUT2D eigenvalue weighted by molar-refractivity contribution is 0.626. The number of hydrogen-bond donors (Lipinski definition) is 0. The van der Waals surface area contributed by atoms with Gasteiger partial charge in [0.05, 0.1) is 0 Å². The summed E-state index contributed by atoms with van der Waals surface area (Å²) in [6.45, 7) is 0. The van der Waals surface area contributed by atoms with Gasteiger partial charge in [-0.25, -0.2) is 8.78 Å². The van der Waals surface area contributed by atoms with E-state index < -0.39 is 0 Å². The predicted molar refractivity (Wildman–Crippen MR) is 78.0 cm³/mol. The molecule has 2 aromatic carbocycles. The van der Waals surface area contributed by atoms with Crippen LogP contribution in [0, 0.1) is 11.6 Å². The fourth-order valence-corrected chi connectivity index (χ4v) is 2.43. The maximum Gasteiger partial charge on any atom is 0.123 e. The molecule has 0 aliphatic rings. The van der Waals surface area contributed by atoms with Crippen LogP contribution < -0.4 is 0 Å². The Morgan fingerprint density at radius 2 is 1.19 bits per heavy atom. The molecule has 1 nitrogen and oxygen atoms in total. The molecule has 0 N–H and O–H groups in total. The van der Waals surface area contributed by atoms with Crippen LogP contribution in [-0.2, 0) is 0 Å². The van der Waals surface area contributed by atoms with Crippen LogP contribution in [0.1, 0.15) is 22.6 Å². The quantitative estimate of drug-likeness (QED) is 0.687. The van der Waals surface area contributed by atoms with Gasteiger partial charge in [-0.15, -0.1) is 0 Å². The number of halogens is 2. The molecule has 1 heterocycles. The minimum absolute atomic E-state index is 0.0973. The highest BCUT2D eigenvalue weighted by Gasteiger charge is 2.17. The molecule has 0 bridgehead atoms. The third-order valence-corrected chi connectivity index (χ3v) is 3.42. The summed E-state index contributed by atoms with van der Waals surface area (Å²) in [5.74, 6) is -0.648. The smallest absolute Gasteiger partial charge is 0.123 e. The van der Waals surface area contributed by atoms with Crippen molar-refractivity contribution in [2.24, 2.45) is 0 Å². The highest BCUT2D eigenvalue weighted by Crippen LogP contribution is 2.31. The number of benzene rings is 2. The summed E-state index contributed by atoms with van der Waals surface area (Å²) in [5, 5.41) is 0. The Labute approximate surface area is 121 Å². The molecule has 0 radical (unpaired) electrons. The number of rotatable bonds is 3. The van der Waals surface area contributed by atoms with Gasteiger partial charge in [-0.3, -0.25) is 4.98 Å².